The van der Waals surface area contributed by atoms with Gasteiger partial charge in [0, 0.05) is 18.6 Å². The SMILES string of the molecule is CCCC(CC)N(F)CC1NCCC1C. The molecule has 15 heavy (non-hydrogen) atoms. The van der Waals surface area contributed by atoms with Gasteiger partial charge < -0.3 is 5.32 Å². The molecule has 1 heterocycles. The third-order valence-corrected chi connectivity index (χ3v) is 3.55. The van der Waals surface area contributed by atoms with E-state index < -0.39 is 0 Å². The van der Waals surface area contributed by atoms with E-state index in [1.54, 1.807) is 0 Å². The standard InChI is InChI=1S/C12H25FN2/c1-4-6-11(5-2)15(13)9-12-10(3)7-8-14-12/h10-12,14H,4-9H2,1-3H3. The predicted molar refractivity (Wildman–Crippen MR) is 62.4 cm³/mol. The number of hydrogen-bond donors (Lipinski definition) is 1. The van der Waals surface area contributed by atoms with Gasteiger partial charge in [0.05, 0.1) is 0 Å². The van der Waals surface area contributed by atoms with Crippen molar-refractivity contribution in [3.63, 3.8) is 0 Å². The van der Waals surface area contributed by atoms with Crippen molar-refractivity contribution in [2.45, 2.75) is 58.5 Å². The van der Waals surface area contributed by atoms with Crippen molar-refractivity contribution in [1.82, 2.24) is 10.4 Å². The lowest BCUT2D eigenvalue weighted by Crippen LogP contribution is -2.40. The summed E-state index contributed by atoms with van der Waals surface area (Å²) in [6.45, 7) is 7.99. The second-order valence-corrected chi connectivity index (χ2v) is 4.76. The minimum atomic E-state index is 0.115. The fraction of sp³-hybridized carbons (Fsp3) is 1.00. The molecule has 0 aromatic carbocycles. The molecule has 0 bridgehead atoms. The summed E-state index contributed by atoms with van der Waals surface area (Å²) in [4.78, 5) is 0. The molecule has 1 aliphatic heterocycles. The van der Waals surface area contributed by atoms with Crippen LogP contribution in [0, 0.1) is 5.92 Å². The fourth-order valence-corrected chi connectivity index (χ4v) is 2.36. The maximum Gasteiger partial charge on any atom is 0.0450 e. The first-order valence-electron chi connectivity index (χ1n) is 6.34. The van der Waals surface area contributed by atoms with Crippen molar-refractivity contribution in [2.75, 3.05) is 13.1 Å². The minimum Gasteiger partial charge on any atom is -0.312 e. The first-order valence-corrected chi connectivity index (χ1v) is 6.34. The first-order chi connectivity index (χ1) is 7.19. The van der Waals surface area contributed by atoms with Gasteiger partial charge in [0.25, 0.3) is 0 Å². The average Bonchev–Trinajstić information content (AvgIpc) is 2.60. The van der Waals surface area contributed by atoms with Crippen molar-refractivity contribution >= 4 is 0 Å². The molecule has 0 aliphatic carbocycles. The van der Waals surface area contributed by atoms with Crippen LogP contribution in [0.5, 0.6) is 0 Å². The van der Waals surface area contributed by atoms with Crippen LogP contribution in [0.1, 0.15) is 46.5 Å². The Bertz CT molecular complexity index is 175. The van der Waals surface area contributed by atoms with Gasteiger partial charge in [0.15, 0.2) is 0 Å². The van der Waals surface area contributed by atoms with Crippen LogP contribution in [-0.4, -0.2) is 30.3 Å². The summed E-state index contributed by atoms with van der Waals surface area (Å²) in [6, 6.07) is 0.463. The molecule has 0 saturated carbocycles. The Kier molecular flexibility index (Phi) is 5.54. The highest BCUT2D eigenvalue weighted by Gasteiger charge is 2.27. The second kappa shape index (κ2) is 6.44. The van der Waals surface area contributed by atoms with E-state index in [4.69, 9.17) is 0 Å². The second-order valence-electron chi connectivity index (χ2n) is 4.76. The van der Waals surface area contributed by atoms with Gasteiger partial charge in [0.1, 0.15) is 0 Å². The van der Waals surface area contributed by atoms with Gasteiger partial charge in [0.2, 0.25) is 0 Å². The van der Waals surface area contributed by atoms with E-state index in [0.29, 0.717) is 18.5 Å². The summed E-state index contributed by atoms with van der Waals surface area (Å²) in [7, 11) is 0. The lowest BCUT2D eigenvalue weighted by atomic mass is 10.0. The molecule has 1 N–H and O–H groups in total. The Hall–Kier alpha value is -0.150. The van der Waals surface area contributed by atoms with Crippen LogP contribution in [0.15, 0.2) is 0 Å². The summed E-state index contributed by atoms with van der Waals surface area (Å²) in [5.41, 5.74) is 0. The Morgan fingerprint density at radius 1 is 1.47 bits per heavy atom. The molecule has 3 atom stereocenters. The zero-order chi connectivity index (χ0) is 11.3. The van der Waals surface area contributed by atoms with E-state index in [-0.39, 0.29) is 6.04 Å². The van der Waals surface area contributed by atoms with Gasteiger partial charge >= 0.3 is 0 Å². The van der Waals surface area contributed by atoms with Crippen molar-refractivity contribution in [1.29, 1.82) is 0 Å². The molecule has 0 spiro atoms. The monoisotopic (exact) mass is 216 g/mol. The Balaban J connectivity index is 2.35. The first kappa shape index (κ1) is 12.9. The van der Waals surface area contributed by atoms with E-state index in [1.165, 1.54) is 6.42 Å². The van der Waals surface area contributed by atoms with Gasteiger partial charge in [-0.05, 0) is 31.7 Å². The summed E-state index contributed by atoms with van der Waals surface area (Å²) >= 11 is 0. The highest BCUT2D eigenvalue weighted by molar-refractivity contribution is 4.83. The van der Waals surface area contributed by atoms with Crippen LogP contribution >= 0.6 is 0 Å². The summed E-state index contributed by atoms with van der Waals surface area (Å²) in [6.07, 6.45) is 4.12. The molecule has 90 valence electrons. The lowest BCUT2D eigenvalue weighted by Gasteiger charge is -2.26. The zero-order valence-electron chi connectivity index (χ0n) is 10.3. The Morgan fingerprint density at radius 3 is 2.67 bits per heavy atom. The number of nitrogens with zero attached hydrogens (tertiary/aromatic N) is 1. The van der Waals surface area contributed by atoms with Crippen molar-refractivity contribution in [3.05, 3.63) is 0 Å². The predicted octanol–water partition coefficient (Wildman–Crippen LogP) is 2.75. The average molecular weight is 216 g/mol. The maximum atomic E-state index is 13.9. The smallest absolute Gasteiger partial charge is 0.0450 e. The van der Waals surface area contributed by atoms with E-state index in [0.717, 1.165) is 30.9 Å². The lowest BCUT2D eigenvalue weighted by molar-refractivity contribution is -0.0365. The summed E-state index contributed by atoms with van der Waals surface area (Å²) in [5.74, 6) is 0.613. The molecule has 1 saturated heterocycles. The van der Waals surface area contributed by atoms with Crippen molar-refractivity contribution < 1.29 is 4.48 Å². The molecule has 3 unspecified atom stereocenters. The molecule has 0 aromatic rings. The van der Waals surface area contributed by atoms with Crippen LogP contribution in [0.25, 0.3) is 0 Å². The number of nitrogens with one attached hydrogen (secondary N) is 1. The molecule has 1 aliphatic rings. The quantitative estimate of drug-likeness (QED) is 0.687. The van der Waals surface area contributed by atoms with E-state index >= 15 is 0 Å². The van der Waals surface area contributed by atoms with Gasteiger partial charge in [-0.15, -0.1) is 9.60 Å². The highest BCUT2D eigenvalue weighted by Crippen LogP contribution is 2.19. The van der Waals surface area contributed by atoms with Gasteiger partial charge in [-0.2, -0.15) is 0 Å². The van der Waals surface area contributed by atoms with Crippen molar-refractivity contribution in [3.8, 4) is 0 Å². The third-order valence-electron chi connectivity index (χ3n) is 3.55. The zero-order valence-corrected chi connectivity index (χ0v) is 10.3. The number of rotatable bonds is 6. The van der Waals surface area contributed by atoms with Crippen LogP contribution < -0.4 is 5.32 Å². The van der Waals surface area contributed by atoms with E-state index in [1.807, 2.05) is 0 Å². The molecule has 0 amide bonds. The highest BCUT2D eigenvalue weighted by atomic mass is 19.2. The normalized spacial score (nSPS) is 28.6. The largest absolute Gasteiger partial charge is 0.312 e. The summed E-state index contributed by atoms with van der Waals surface area (Å²) in [5, 5.41) is 4.44. The molecule has 0 radical (unpaired) electrons. The number of halogens is 1. The Morgan fingerprint density at radius 2 is 2.20 bits per heavy atom. The fourth-order valence-electron chi connectivity index (χ4n) is 2.36. The third kappa shape index (κ3) is 3.72. The molecule has 2 nitrogen and oxygen atoms in total. The molecule has 0 aromatic heterocycles. The van der Waals surface area contributed by atoms with Gasteiger partial charge in [-0.25, -0.2) is 0 Å². The maximum absolute atomic E-state index is 13.9. The summed E-state index contributed by atoms with van der Waals surface area (Å²) < 4.78 is 13.9. The minimum absolute atomic E-state index is 0.115. The topological polar surface area (TPSA) is 15.3 Å². The van der Waals surface area contributed by atoms with E-state index in [2.05, 4.69) is 26.1 Å². The van der Waals surface area contributed by atoms with Crippen LogP contribution in [0.4, 0.5) is 4.48 Å². The van der Waals surface area contributed by atoms with Crippen LogP contribution in [-0.2, 0) is 0 Å². The van der Waals surface area contributed by atoms with Gasteiger partial charge in [-0.1, -0.05) is 27.2 Å². The molecular weight excluding hydrogens is 191 g/mol. The van der Waals surface area contributed by atoms with Crippen LogP contribution in [0.2, 0.25) is 0 Å². The molecular formula is C12H25FN2. The molecule has 1 rings (SSSR count). The molecule has 1 fully saturated rings. The van der Waals surface area contributed by atoms with Crippen molar-refractivity contribution in [2.24, 2.45) is 5.92 Å². The number of hydrogen-bond acceptors (Lipinski definition) is 2. The Labute approximate surface area is 93.2 Å². The van der Waals surface area contributed by atoms with Gasteiger partial charge in [-0.3, -0.25) is 0 Å². The van der Waals surface area contributed by atoms with Crippen LogP contribution in [0.3, 0.4) is 0 Å². The van der Waals surface area contributed by atoms with E-state index in [9.17, 15) is 4.48 Å². The molecule has 3 heteroatoms.